The fraction of sp³-hybridized carbons (Fsp3) is 0.538. The van der Waals surface area contributed by atoms with Gasteiger partial charge in [0.05, 0.1) is 6.61 Å². The van der Waals surface area contributed by atoms with Gasteiger partial charge in [-0.25, -0.2) is 4.79 Å². The summed E-state index contributed by atoms with van der Waals surface area (Å²) in [5, 5.41) is 0.716. The summed E-state index contributed by atoms with van der Waals surface area (Å²) in [6.07, 6.45) is 2.66. The number of nitrogens with zero attached hydrogens (tertiary/aromatic N) is 1. The maximum absolute atomic E-state index is 10.0. The van der Waals surface area contributed by atoms with Crippen molar-refractivity contribution < 1.29 is 14.3 Å². The van der Waals surface area contributed by atoms with Crippen molar-refractivity contribution in [2.24, 2.45) is 5.73 Å². The van der Waals surface area contributed by atoms with Gasteiger partial charge < -0.3 is 15.2 Å². The Morgan fingerprint density at radius 1 is 1.47 bits per heavy atom. The van der Waals surface area contributed by atoms with Crippen LogP contribution in [-0.4, -0.2) is 23.3 Å². The first kappa shape index (κ1) is 17.7. The first-order valence-corrected chi connectivity index (χ1v) is 6.28. The van der Waals surface area contributed by atoms with Crippen LogP contribution < -0.4 is 5.73 Å². The van der Waals surface area contributed by atoms with Crippen molar-refractivity contribution in [2.75, 3.05) is 6.61 Å². The first-order valence-electron chi connectivity index (χ1n) is 5.91. The fourth-order valence-corrected chi connectivity index (χ4v) is 1.19. The molecule has 6 heteroatoms. The van der Waals surface area contributed by atoms with Crippen LogP contribution in [0.3, 0.4) is 0 Å². The smallest absolute Gasteiger partial charge is 0.405 e. The summed E-state index contributed by atoms with van der Waals surface area (Å²) in [4.78, 5) is 13.9. The maximum Gasteiger partial charge on any atom is 0.405 e. The molecule has 1 rings (SSSR count). The number of ether oxygens (including phenoxy) is 2. The van der Waals surface area contributed by atoms with Gasteiger partial charge in [-0.15, -0.1) is 0 Å². The van der Waals surface area contributed by atoms with Crippen molar-refractivity contribution in [2.45, 2.75) is 39.9 Å². The molecule has 108 valence electrons. The third-order valence-electron chi connectivity index (χ3n) is 1.71. The van der Waals surface area contributed by atoms with Crippen LogP contribution in [0.5, 0.6) is 0 Å². The minimum absolute atomic E-state index is 0.453. The molecule has 5 nitrogen and oxygen atoms in total. The summed E-state index contributed by atoms with van der Waals surface area (Å²) in [7, 11) is 0. The minimum Gasteiger partial charge on any atom is -0.444 e. The molecule has 0 saturated heterocycles. The second-order valence-corrected chi connectivity index (χ2v) is 5.04. The molecule has 19 heavy (non-hydrogen) atoms. The molecule has 0 bridgehead atoms. The Balaban J connectivity index is 0.000000362. The summed E-state index contributed by atoms with van der Waals surface area (Å²) >= 11 is 5.84. The van der Waals surface area contributed by atoms with Crippen LogP contribution in [0.15, 0.2) is 18.5 Å². The highest BCUT2D eigenvalue weighted by Crippen LogP contribution is 2.13. The molecule has 0 fully saturated rings. The van der Waals surface area contributed by atoms with E-state index in [-0.39, 0.29) is 0 Å². The van der Waals surface area contributed by atoms with Gasteiger partial charge in [-0.05, 0) is 33.8 Å². The number of carbonyl (C=O) groups is 1. The lowest BCUT2D eigenvalue weighted by Crippen LogP contribution is -2.27. The predicted molar refractivity (Wildman–Crippen MR) is 75.0 cm³/mol. The van der Waals surface area contributed by atoms with Crippen LogP contribution in [0, 0.1) is 0 Å². The van der Waals surface area contributed by atoms with E-state index in [2.05, 4.69) is 9.72 Å². The number of amides is 1. The molecule has 0 aromatic carbocycles. The van der Waals surface area contributed by atoms with Crippen LogP contribution in [0.25, 0.3) is 0 Å². The van der Waals surface area contributed by atoms with Crippen LogP contribution in [0.2, 0.25) is 5.02 Å². The zero-order chi connectivity index (χ0) is 14.9. The number of primary amides is 1. The molecule has 1 heterocycles. The van der Waals surface area contributed by atoms with Crippen LogP contribution in [0.1, 0.15) is 33.3 Å². The maximum atomic E-state index is 10.0. The summed E-state index contributed by atoms with van der Waals surface area (Å²) in [5.41, 5.74) is 5.21. The average molecular weight is 289 g/mol. The number of hydrogen-bond acceptors (Lipinski definition) is 4. The molecule has 0 unspecified atom stereocenters. The van der Waals surface area contributed by atoms with Crippen LogP contribution in [-0.2, 0) is 16.1 Å². The minimum atomic E-state index is -0.725. The predicted octanol–water partition coefficient (Wildman–Crippen LogP) is 3.15. The van der Waals surface area contributed by atoms with Gasteiger partial charge in [0, 0.05) is 29.6 Å². The van der Waals surface area contributed by atoms with Gasteiger partial charge >= 0.3 is 6.09 Å². The summed E-state index contributed by atoms with van der Waals surface area (Å²) in [6.45, 7) is 8.48. The molecule has 0 spiro atoms. The van der Waals surface area contributed by atoms with Crippen molar-refractivity contribution in [1.82, 2.24) is 4.98 Å². The third kappa shape index (κ3) is 10.3. The Hall–Kier alpha value is -1.33. The lowest BCUT2D eigenvalue weighted by Gasteiger charge is -2.16. The Kier molecular flexibility index (Phi) is 8.11. The van der Waals surface area contributed by atoms with E-state index in [0.29, 0.717) is 18.2 Å². The summed E-state index contributed by atoms with van der Waals surface area (Å²) in [5.74, 6) is 0. The van der Waals surface area contributed by atoms with E-state index in [9.17, 15) is 4.79 Å². The number of nitrogens with two attached hydrogens (primary N) is 1. The highest BCUT2D eigenvalue weighted by molar-refractivity contribution is 6.31. The van der Waals surface area contributed by atoms with E-state index in [1.54, 1.807) is 39.2 Å². The van der Waals surface area contributed by atoms with Crippen LogP contribution >= 0.6 is 11.6 Å². The quantitative estimate of drug-likeness (QED) is 0.927. The molecule has 1 amide bonds. The second-order valence-electron chi connectivity index (χ2n) is 4.64. The number of carbonyl (C=O) groups excluding carboxylic acids is 1. The molecule has 0 saturated carbocycles. The number of aromatic nitrogens is 1. The molecule has 2 N–H and O–H groups in total. The molecule has 0 aliphatic rings. The lowest BCUT2D eigenvalue weighted by molar-refractivity contribution is 0.0600. The summed E-state index contributed by atoms with van der Waals surface area (Å²) in [6, 6.07) is 1.76. The zero-order valence-electron chi connectivity index (χ0n) is 11.8. The van der Waals surface area contributed by atoms with E-state index in [0.717, 1.165) is 5.56 Å². The lowest BCUT2D eigenvalue weighted by atomic mass is 10.2. The van der Waals surface area contributed by atoms with Crippen LogP contribution in [0.4, 0.5) is 4.79 Å². The third-order valence-corrected chi connectivity index (χ3v) is 2.08. The highest BCUT2D eigenvalue weighted by Gasteiger charge is 2.12. The number of rotatable bonds is 3. The fourth-order valence-electron chi connectivity index (χ4n) is 1.03. The standard InChI is InChI=1S/C8H10ClNO.C5H11NO2/c1-2-11-6-7-5-10-4-3-8(7)9;1-5(2,3)8-4(6)7/h3-5H,2,6H2,1H3;1-3H3,(H2,6,7). The first-order chi connectivity index (χ1) is 8.76. The van der Waals surface area contributed by atoms with Gasteiger partial charge in [0.1, 0.15) is 5.60 Å². The Bertz CT molecular complexity index is 392. The normalized spacial score (nSPS) is 10.4. The van der Waals surface area contributed by atoms with E-state index >= 15 is 0 Å². The molecule has 1 aromatic heterocycles. The van der Waals surface area contributed by atoms with E-state index < -0.39 is 11.7 Å². The van der Waals surface area contributed by atoms with Gasteiger partial charge in [-0.1, -0.05) is 11.6 Å². The van der Waals surface area contributed by atoms with E-state index in [4.69, 9.17) is 22.1 Å². The number of halogens is 1. The molecule has 0 radical (unpaired) electrons. The van der Waals surface area contributed by atoms with Gasteiger partial charge in [0.2, 0.25) is 0 Å². The summed E-state index contributed by atoms with van der Waals surface area (Å²) < 4.78 is 9.75. The topological polar surface area (TPSA) is 74.4 Å². The number of pyridine rings is 1. The van der Waals surface area contributed by atoms with Gasteiger partial charge in [-0.2, -0.15) is 0 Å². The number of hydrogen-bond donors (Lipinski definition) is 1. The second kappa shape index (κ2) is 8.72. The van der Waals surface area contributed by atoms with Gasteiger partial charge in [-0.3, -0.25) is 4.98 Å². The molecular weight excluding hydrogens is 268 g/mol. The monoisotopic (exact) mass is 288 g/mol. The highest BCUT2D eigenvalue weighted by atomic mass is 35.5. The zero-order valence-corrected chi connectivity index (χ0v) is 12.5. The average Bonchev–Trinajstić information content (AvgIpc) is 2.25. The van der Waals surface area contributed by atoms with Crippen molar-refractivity contribution in [3.8, 4) is 0 Å². The Morgan fingerprint density at radius 2 is 2.11 bits per heavy atom. The molecular formula is C13H21ClN2O3. The van der Waals surface area contributed by atoms with Crippen molar-refractivity contribution in [3.63, 3.8) is 0 Å². The molecule has 1 aromatic rings. The Morgan fingerprint density at radius 3 is 2.47 bits per heavy atom. The Labute approximate surface area is 119 Å². The van der Waals surface area contributed by atoms with Crippen molar-refractivity contribution >= 4 is 17.7 Å². The van der Waals surface area contributed by atoms with Gasteiger partial charge in [0.25, 0.3) is 0 Å². The van der Waals surface area contributed by atoms with E-state index in [1.165, 1.54) is 0 Å². The van der Waals surface area contributed by atoms with Crippen molar-refractivity contribution in [1.29, 1.82) is 0 Å². The SMILES string of the molecule is CC(C)(C)OC(N)=O.CCOCc1cnccc1Cl. The molecule has 0 atom stereocenters. The largest absolute Gasteiger partial charge is 0.444 e. The van der Waals surface area contributed by atoms with Gasteiger partial charge in [0.15, 0.2) is 0 Å². The van der Waals surface area contributed by atoms with E-state index in [1.807, 2.05) is 6.92 Å². The van der Waals surface area contributed by atoms with Crippen molar-refractivity contribution in [3.05, 3.63) is 29.0 Å². The molecule has 0 aliphatic carbocycles. The molecule has 0 aliphatic heterocycles.